The minimum Gasteiger partial charge on any atom is -0.354 e. The SMILES string of the molecule is O=C(Cc1cccc(Cl)c1)NCCN1C(=O)SC(=Cc2ccccc2F)C1=O. The van der Waals surface area contributed by atoms with Crippen LogP contribution in [-0.2, 0) is 16.0 Å². The summed E-state index contributed by atoms with van der Waals surface area (Å²) >= 11 is 6.64. The molecule has 5 nitrogen and oxygen atoms in total. The maximum absolute atomic E-state index is 13.7. The molecule has 0 aliphatic carbocycles. The lowest BCUT2D eigenvalue weighted by atomic mass is 10.1. The van der Waals surface area contributed by atoms with Crippen LogP contribution >= 0.6 is 23.4 Å². The van der Waals surface area contributed by atoms with Crippen molar-refractivity contribution in [2.45, 2.75) is 6.42 Å². The first-order valence-electron chi connectivity index (χ1n) is 8.45. The van der Waals surface area contributed by atoms with Gasteiger partial charge in [-0.2, -0.15) is 0 Å². The highest BCUT2D eigenvalue weighted by atomic mass is 35.5. The Hall–Kier alpha value is -2.64. The van der Waals surface area contributed by atoms with E-state index in [-0.39, 0.29) is 35.9 Å². The number of nitrogens with zero attached hydrogens (tertiary/aromatic N) is 1. The molecule has 0 atom stereocenters. The zero-order chi connectivity index (χ0) is 20.1. The normalized spacial score (nSPS) is 15.4. The average molecular weight is 419 g/mol. The van der Waals surface area contributed by atoms with E-state index in [1.165, 1.54) is 18.2 Å². The van der Waals surface area contributed by atoms with Gasteiger partial charge in [-0.05, 0) is 41.6 Å². The second kappa shape index (κ2) is 9.03. The Balaban J connectivity index is 1.55. The molecule has 0 bridgehead atoms. The molecule has 2 aromatic carbocycles. The fraction of sp³-hybridized carbons (Fsp3) is 0.150. The van der Waals surface area contributed by atoms with Gasteiger partial charge in [0.2, 0.25) is 5.91 Å². The maximum atomic E-state index is 13.7. The van der Waals surface area contributed by atoms with Gasteiger partial charge >= 0.3 is 0 Å². The number of carbonyl (C=O) groups excluding carboxylic acids is 3. The average Bonchev–Trinajstić information content (AvgIpc) is 2.91. The molecule has 1 heterocycles. The Morgan fingerprint density at radius 3 is 2.71 bits per heavy atom. The van der Waals surface area contributed by atoms with Crippen molar-refractivity contribution >= 4 is 46.5 Å². The van der Waals surface area contributed by atoms with Crippen molar-refractivity contribution in [3.8, 4) is 0 Å². The smallest absolute Gasteiger partial charge is 0.293 e. The molecule has 3 amide bonds. The standard InChI is InChI=1S/C20H16ClFN2O3S/c21-15-6-3-4-13(10-15)11-18(25)23-8-9-24-19(26)17(28-20(24)27)12-14-5-1-2-7-16(14)22/h1-7,10,12H,8-9,11H2,(H,23,25). The van der Waals surface area contributed by atoms with Crippen LogP contribution in [0.2, 0.25) is 5.02 Å². The Labute approximate surface area is 170 Å². The summed E-state index contributed by atoms with van der Waals surface area (Å²) in [6, 6.07) is 13.0. The third-order valence-electron chi connectivity index (χ3n) is 3.98. The molecule has 1 aliphatic rings. The molecule has 0 saturated carbocycles. The number of hydrogen-bond acceptors (Lipinski definition) is 4. The van der Waals surface area contributed by atoms with E-state index in [1.807, 2.05) is 0 Å². The van der Waals surface area contributed by atoms with E-state index < -0.39 is 17.0 Å². The molecule has 0 unspecified atom stereocenters. The number of carbonyl (C=O) groups is 3. The molecule has 1 aliphatic heterocycles. The van der Waals surface area contributed by atoms with Crippen molar-refractivity contribution in [3.63, 3.8) is 0 Å². The minimum atomic E-state index is -0.498. The van der Waals surface area contributed by atoms with Crippen molar-refractivity contribution in [3.05, 3.63) is 75.4 Å². The van der Waals surface area contributed by atoms with Crippen LogP contribution in [0.4, 0.5) is 9.18 Å². The van der Waals surface area contributed by atoms with E-state index in [2.05, 4.69) is 5.32 Å². The molecule has 1 N–H and O–H groups in total. The first kappa shape index (κ1) is 20.1. The van der Waals surface area contributed by atoms with Gasteiger partial charge in [-0.3, -0.25) is 19.3 Å². The highest BCUT2D eigenvalue weighted by Crippen LogP contribution is 2.32. The maximum Gasteiger partial charge on any atom is 0.293 e. The van der Waals surface area contributed by atoms with E-state index in [0.29, 0.717) is 5.02 Å². The van der Waals surface area contributed by atoms with Gasteiger partial charge in [0.25, 0.3) is 11.1 Å². The zero-order valence-electron chi connectivity index (χ0n) is 14.7. The van der Waals surface area contributed by atoms with Crippen LogP contribution in [-0.4, -0.2) is 35.0 Å². The van der Waals surface area contributed by atoms with Crippen molar-refractivity contribution in [1.82, 2.24) is 10.2 Å². The van der Waals surface area contributed by atoms with Crippen LogP contribution in [0.1, 0.15) is 11.1 Å². The summed E-state index contributed by atoms with van der Waals surface area (Å²) in [5, 5.41) is 2.77. The summed E-state index contributed by atoms with van der Waals surface area (Å²) in [5.41, 5.74) is 1.01. The highest BCUT2D eigenvalue weighted by molar-refractivity contribution is 8.18. The highest BCUT2D eigenvalue weighted by Gasteiger charge is 2.34. The zero-order valence-corrected chi connectivity index (χ0v) is 16.2. The van der Waals surface area contributed by atoms with Crippen LogP contribution in [0.15, 0.2) is 53.4 Å². The summed E-state index contributed by atoms with van der Waals surface area (Å²) in [5.74, 6) is -1.21. The Morgan fingerprint density at radius 1 is 1.18 bits per heavy atom. The largest absolute Gasteiger partial charge is 0.354 e. The van der Waals surface area contributed by atoms with Crippen LogP contribution in [0.5, 0.6) is 0 Å². The lowest BCUT2D eigenvalue weighted by Crippen LogP contribution is -2.37. The Morgan fingerprint density at radius 2 is 1.96 bits per heavy atom. The fourth-order valence-corrected chi connectivity index (χ4v) is 3.70. The van der Waals surface area contributed by atoms with Gasteiger partial charge in [0.05, 0.1) is 11.3 Å². The van der Waals surface area contributed by atoms with Gasteiger partial charge in [0, 0.05) is 23.7 Å². The van der Waals surface area contributed by atoms with E-state index in [4.69, 9.17) is 11.6 Å². The number of imide groups is 1. The number of nitrogens with one attached hydrogen (secondary N) is 1. The summed E-state index contributed by atoms with van der Waals surface area (Å²) in [7, 11) is 0. The molecule has 28 heavy (non-hydrogen) atoms. The molecule has 3 rings (SSSR count). The number of halogens is 2. The first-order chi connectivity index (χ1) is 13.4. The fourth-order valence-electron chi connectivity index (χ4n) is 2.63. The number of thioether (sulfide) groups is 1. The third-order valence-corrected chi connectivity index (χ3v) is 5.12. The van der Waals surface area contributed by atoms with Gasteiger partial charge in [-0.1, -0.05) is 41.9 Å². The molecule has 0 aromatic heterocycles. The van der Waals surface area contributed by atoms with Gasteiger partial charge in [0.1, 0.15) is 5.82 Å². The van der Waals surface area contributed by atoms with Crippen LogP contribution in [0, 0.1) is 5.82 Å². The molecule has 0 spiro atoms. The number of rotatable bonds is 6. The second-order valence-electron chi connectivity index (χ2n) is 6.01. The summed E-state index contributed by atoms with van der Waals surface area (Å²) in [6.45, 7) is 0.172. The van der Waals surface area contributed by atoms with E-state index in [9.17, 15) is 18.8 Å². The summed E-state index contributed by atoms with van der Waals surface area (Å²) in [4.78, 5) is 37.7. The van der Waals surface area contributed by atoms with Crippen LogP contribution in [0.3, 0.4) is 0 Å². The predicted octanol–water partition coefficient (Wildman–Crippen LogP) is 3.87. The Kier molecular flexibility index (Phi) is 6.49. The van der Waals surface area contributed by atoms with E-state index in [0.717, 1.165) is 22.2 Å². The monoisotopic (exact) mass is 418 g/mol. The molecule has 1 saturated heterocycles. The molecule has 2 aromatic rings. The van der Waals surface area contributed by atoms with Crippen molar-refractivity contribution < 1.29 is 18.8 Å². The van der Waals surface area contributed by atoms with Crippen molar-refractivity contribution in [2.24, 2.45) is 0 Å². The Bertz CT molecular complexity index is 964. The summed E-state index contributed by atoms with van der Waals surface area (Å²) in [6.07, 6.45) is 1.51. The summed E-state index contributed by atoms with van der Waals surface area (Å²) < 4.78 is 13.7. The van der Waals surface area contributed by atoms with Crippen LogP contribution in [0.25, 0.3) is 6.08 Å². The molecule has 1 fully saturated rings. The van der Waals surface area contributed by atoms with Gasteiger partial charge in [-0.15, -0.1) is 0 Å². The molecular formula is C20H16ClFN2O3S. The number of benzene rings is 2. The van der Waals surface area contributed by atoms with Gasteiger partial charge in [-0.25, -0.2) is 4.39 Å². The van der Waals surface area contributed by atoms with E-state index in [1.54, 1.807) is 36.4 Å². The minimum absolute atomic E-state index is 0.0422. The second-order valence-corrected chi connectivity index (χ2v) is 7.44. The first-order valence-corrected chi connectivity index (χ1v) is 9.64. The van der Waals surface area contributed by atoms with Crippen LogP contribution < -0.4 is 5.32 Å². The molecule has 8 heteroatoms. The van der Waals surface area contributed by atoms with E-state index >= 15 is 0 Å². The van der Waals surface area contributed by atoms with Crippen molar-refractivity contribution in [1.29, 1.82) is 0 Å². The topological polar surface area (TPSA) is 66.5 Å². The molecule has 144 valence electrons. The predicted molar refractivity (Wildman–Crippen MR) is 107 cm³/mol. The number of hydrogen-bond donors (Lipinski definition) is 1. The van der Waals surface area contributed by atoms with Crippen molar-refractivity contribution in [2.75, 3.05) is 13.1 Å². The number of amides is 3. The lowest BCUT2D eigenvalue weighted by molar-refractivity contribution is -0.124. The van der Waals surface area contributed by atoms with Gasteiger partial charge < -0.3 is 5.32 Å². The quantitative estimate of drug-likeness (QED) is 0.723. The molecular weight excluding hydrogens is 403 g/mol. The molecule has 0 radical (unpaired) electrons. The van der Waals surface area contributed by atoms with Gasteiger partial charge in [0.15, 0.2) is 0 Å². The third kappa shape index (κ3) is 4.99. The lowest BCUT2D eigenvalue weighted by Gasteiger charge is -2.13.